The fourth-order valence-corrected chi connectivity index (χ4v) is 4.82. The molecule has 3 aliphatic rings. The van der Waals surface area contributed by atoms with Gasteiger partial charge in [0, 0.05) is 19.6 Å². The molecule has 8 heteroatoms. The highest BCUT2D eigenvalue weighted by Gasteiger charge is 2.58. The predicted octanol–water partition coefficient (Wildman–Crippen LogP) is 1.26. The van der Waals surface area contributed by atoms with Crippen molar-refractivity contribution >= 4 is 17.8 Å². The van der Waals surface area contributed by atoms with Crippen molar-refractivity contribution in [2.45, 2.75) is 19.9 Å². The maximum atomic E-state index is 12.7. The van der Waals surface area contributed by atoms with E-state index in [1.807, 2.05) is 13.0 Å². The Morgan fingerprint density at radius 2 is 1.90 bits per heavy atom. The number of imide groups is 1. The number of fused-ring (bicyclic) bond motifs is 5. The van der Waals surface area contributed by atoms with Gasteiger partial charge >= 0.3 is 0 Å². The molecule has 2 fully saturated rings. The van der Waals surface area contributed by atoms with E-state index in [9.17, 15) is 14.7 Å². The summed E-state index contributed by atoms with van der Waals surface area (Å²) in [6.45, 7) is 3.78. The Bertz CT molecular complexity index is 867. The molecule has 4 unspecified atom stereocenters. The van der Waals surface area contributed by atoms with Crippen LogP contribution in [0, 0.1) is 23.7 Å². The normalized spacial score (nSPS) is 27.0. The zero-order valence-corrected chi connectivity index (χ0v) is 17.3. The lowest BCUT2D eigenvalue weighted by Crippen LogP contribution is -2.43. The van der Waals surface area contributed by atoms with E-state index >= 15 is 0 Å². The van der Waals surface area contributed by atoms with E-state index in [0.717, 1.165) is 12.0 Å². The highest BCUT2D eigenvalue weighted by atomic mass is 16.5. The van der Waals surface area contributed by atoms with Crippen LogP contribution in [0.4, 0.5) is 0 Å². The number of aromatic hydroxyl groups is 1. The van der Waals surface area contributed by atoms with Gasteiger partial charge in [0.15, 0.2) is 17.5 Å². The molecule has 4 atom stereocenters. The van der Waals surface area contributed by atoms with Crippen LogP contribution in [0.5, 0.6) is 11.5 Å². The topological polar surface area (TPSA) is 103 Å². The van der Waals surface area contributed by atoms with Crippen molar-refractivity contribution in [2.75, 3.05) is 26.7 Å². The smallest absolute Gasteiger partial charge is 0.233 e. The van der Waals surface area contributed by atoms with E-state index in [2.05, 4.69) is 27.8 Å². The predicted molar refractivity (Wildman–Crippen MR) is 112 cm³/mol. The second-order valence-electron chi connectivity index (χ2n) is 7.96. The van der Waals surface area contributed by atoms with Crippen LogP contribution in [-0.2, 0) is 16.1 Å². The lowest BCUT2D eigenvalue weighted by Gasteiger charge is -2.18. The van der Waals surface area contributed by atoms with Crippen molar-refractivity contribution in [3.63, 3.8) is 0 Å². The molecule has 4 rings (SSSR count). The molecule has 1 aromatic rings. The average Bonchev–Trinajstić information content (AvgIpc) is 3.41. The van der Waals surface area contributed by atoms with Crippen molar-refractivity contribution in [1.82, 2.24) is 15.5 Å². The fraction of sp³-hybridized carbons (Fsp3) is 0.500. The summed E-state index contributed by atoms with van der Waals surface area (Å²) in [5, 5.41) is 16.2. The molecular weight excluding hydrogens is 384 g/mol. The van der Waals surface area contributed by atoms with Crippen LogP contribution in [0.2, 0.25) is 0 Å². The molecule has 1 aliphatic heterocycles. The third-order valence-electron chi connectivity index (χ3n) is 6.20. The molecule has 0 radical (unpaired) electrons. The molecule has 2 amide bonds. The maximum Gasteiger partial charge on any atom is 0.233 e. The molecule has 2 bridgehead atoms. The summed E-state index contributed by atoms with van der Waals surface area (Å²) in [7, 11) is 1.50. The molecular formula is C22H28N4O4. The molecule has 160 valence electrons. The Morgan fingerprint density at radius 1 is 1.20 bits per heavy atom. The highest BCUT2D eigenvalue weighted by molar-refractivity contribution is 6.06. The summed E-state index contributed by atoms with van der Waals surface area (Å²) >= 11 is 0. The van der Waals surface area contributed by atoms with E-state index < -0.39 is 0 Å². The van der Waals surface area contributed by atoms with Crippen molar-refractivity contribution in [2.24, 2.45) is 28.7 Å². The highest BCUT2D eigenvalue weighted by Crippen LogP contribution is 2.52. The first-order valence-corrected chi connectivity index (χ1v) is 10.4. The number of methoxy groups -OCH3 is 1. The minimum atomic E-state index is -0.155. The van der Waals surface area contributed by atoms with Gasteiger partial charge in [0.2, 0.25) is 11.8 Å². The van der Waals surface area contributed by atoms with Gasteiger partial charge in [-0.25, -0.2) is 4.99 Å². The Labute approximate surface area is 176 Å². The minimum absolute atomic E-state index is 0.0284. The van der Waals surface area contributed by atoms with Crippen LogP contribution >= 0.6 is 0 Å². The van der Waals surface area contributed by atoms with E-state index in [-0.39, 0.29) is 41.2 Å². The second-order valence-corrected chi connectivity index (χ2v) is 7.96. The number of rotatable bonds is 7. The van der Waals surface area contributed by atoms with Crippen LogP contribution in [0.1, 0.15) is 18.9 Å². The first kappa shape index (κ1) is 20.3. The molecule has 1 saturated carbocycles. The van der Waals surface area contributed by atoms with Gasteiger partial charge in [-0.15, -0.1) is 0 Å². The van der Waals surface area contributed by atoms with Crippen LogP contribution < -0.4 is 15.4 Å². The molecule has 30 heavy (non-hydrogen) atoms. The Balaban J connectivity index is 1.33. The number of allylic oxidation sites excluding steroid dienone is 2. The van der Waals surface area contributed by atoms with Gasteiger partial charge in [0.05, 0.1) is 25.5 Å². The SMILES string of the molecule is CCNC(=NCc1ccc(OC)c(O)c1)NCCN1C(=O)C2C3C=CC(C3)C2C1=O. The zero-order chi connectivity index (χ0) is 21.3. The summed E-state index contributed by atoms with van der Waals surface area (Å²) in [4.78, 5) is 31.4. The third kappa shape index (κ3) is 3.62. The van der Waals surface area contributed by atoms with Gasteiger partial charge in [-0.2, -0.15) is 0 Å². The number of carbonyl (C=O) groups is 2. The summed E-state index contributed by atoms with van der Waals surface area (Å²) in [5.41, 5.74) is 0.839. The number of nitrogens with zero attached hydrogens (tertiary/aromatic N) is 2. The number of ether oxygens (including phenoxy) is 1. The molecule has 8 nitrogen and oxygen atoms in total. The third-order valence-corrected chi connectivity index (χ3v) is 6.20. The largest absolute Gasteiger partial charge is 0.504 e. The molecule has 3 N–H and O–H groups in total. The Hall–Kier alpha value is -3.03. The van der Waals surface area contributed by atoms with Crippen molar-refractivity contribution in [3.05, 3.63) is 35.9 Å². The number of phenolic OH excluding ortho intramolecular Hbond substituents is 1. The Kier molecular flexibility index (Phi) is 5.65. The fourth-order valence-electron chi connectivity index (χ4n) is 4.82. The number of carbonyl (C=O) groups excluding carboxylic acids is 2. The number of hydrogen-bond acceptors (Lipinski definition) is 5. The van der Waals surface area contributed by atoms with E-state index in [1.165, 1.54) is 12.0 Å². The summed E-state index contributed by atoms with van der Waals surface area (Å²) < 4.78 is 5.05. The number of hydrogen-bond donors (Lipinski definition) is 3. The lowest BCUT2D eigenvalue weighted by molar-refractivity contribution is -0.140. The van der Waals surface area contributed by atoms with Gasteiger partial charge < -0.3 is 20.5 Å². The van der Waals surface area contributed by atoms with Gasteiger partial charge in [0.25, 0.3) is 0 Å². The summed E-state index contributed by atoms with van der Waals surface area (Å²) in [6.07, 6.45) is 5.15. The van der Waals surface area contributed by atoms with Crippen LogP contribution in [-0.4, -0.2) is 54.5 Å². The first-order valence-electron chi connectivity index (χ1n) is 10.4. The Morgan fingerprint density at radius 3 is 2.50 bits per heavy atom. The molecule has 0 aromatic heterocycles. The molecule has 1 aromatic carbocycles. The number of aliphatic imine (C=N–C) groups is 1. The van der Waals surface area contributed by atoms with Gasteiger partial charge in [-0.3, -0.25) is 14.5 Å². The lowest BCUT2D eigenvalue weighted by atomic mass is 9.85. The number of likely N-dealkylation sites (tertiary alicyclic amines) is 1. The first-order chi connectivity index (χ1) is 14.5. The quantitative estimate of drug-likeness (QED) is 0.270. The van der Waals surface area contributed by atoms with E-state index in [4.69, 9.17) is 4.74 Å². The molecule has 1 saturated heterocycles. The standard InChI is InChI=1S/C22H28N4O4/c1-3-23-22(25-12-13-4-7-17(30-2)16(27)10-13)24-8-9-26-20(28)18-14-5-6-15(11-14)19(18)21(26)29/h4-7,10,14-15,18-19,27H,3,8-9,11-12H2,1-2H3,(H2,23,24,25). The maximum absolute atomic E-state index is 12.7. The monoisotopic (exact) mass is 412 g/mol. The van der Waals surface area contributed by atoms with Crippen LogP contribution in [0.25, 0.3) is 0 Å². The number of nitrogens with one attached hydrogen (secondary N) is 2. The van der Waals surface area contributed by atoms with E-state index in [1.54, 1.807) is 12.1 Å². The second kappa shape index (κ2) is 8.38. The van der Waals surface area contributed by atoms with Crippen LogP contribution in [0.15, 0.2) is 35.3 Å². The number of amides is 2. The summed E-state index contributed by atoms with van der Waals surface area (Å²) in [6, 6.07) is 5.16. The number of benzene rings is 1. The van der Waals surface area contributed by atoms with Gasteiger partial charge in [-0.1, -0.05) is 18.2 Å². The van der Waals surface area contributed by atoms with Crippen molar-refractivity contribution in [3.8, 4) is 11.5 Å². The molecule has 0 spiro atoms. The summed E-state index contributed by atoms with van der Waals surface area (Å²) in [5.74, 6) is 1.18. The molecule has 2 aliphatic carbocycles. The van der Waals surface area contributed by atoms with Crippen LogP contribution in [0.3, 0.4) is 0 Å². The van der Waals surface area contributed by atoms with Gasteiger partial charge in [0.1, 0.15) is 0 Å². The minimum Gasteiger partial charge on any atom is -0.504 e. The molecule has 1 heterocycles. The number of phenols is 1. The van der Waals surface area contributed by atoms with E-state index in [0.29, 0.717) is 37.9 Å². The van der Waals surface area contributed by atoms with Crippen molar-refractivity contribution < 1.29 is 19.4 Å². The number of guanidine groups is 1. The van der Waals surface area contributed by atoms with Crippen molar-refractivity contribution in [1.29, 1.82) is 0 Å². The average molecular weight is 412 g/mol. The zero-order valence-electron chi connectivity index (χ0n) is 17.3. The van der Waals surface area contributed by atoms with Gasteiger partial charge in [-0.05, 0) is 42.9 Å².